The Kier molecular flexibility index (Phi) is 4.62. The van der Waals surface area contributed by atoms with E-state index in [1.54, 1.807) is 12.1 Å². The SMILES string of the molecule is Cc1cc(Oc2ccc(Cl)cc2CCl)cc(C)c1Cl. The predicted octanol–water partition coefficient (Wildman–Crippen LogP) is 6.14. The first kappa shape index (κ1) is 14.5. The highest BCUT2D eigenvalue weighted by Gasteiger charge is 2.08. The first-order valence-corrected chi connectivity index (χ1v) is 7.09. The molecule has 0 radical (unpaired) electrons. The fraction of sp³-hybridized carbons (Fsp3) is 0.200. The van der Waals surface area contributed by atoms with Gasteiger partial charge in [0.2, 0.25) is 0 Å². The van der Waals surface area contributed by atoms with E-state index in [1.807, 2.05) is 32.0 Å². The van der Waals surface area contributed by atoms with Crippen molar-refractivity contribution in [1.29, 1.82) is 0 Å². The Morgan fingerprint density at radius 1 is 1.00 bits per heavy atom. The molecule has 0 aliphatic heterocycles. The standard InChI is InChI=1S/C15H13Cl3O/c1-9-5-13(6-10(2)15(9)18)19-14-4-3-12(17)7-11(14)8-16/h3-7H,8H2,1-2H3. The van der Waals surface area contributed by atoms with Crippen molar-refractivity contribution >= 4 is 34.8 Å². The summed E-state index contributed by atoms with van der Waals surface area (Å²) in [5.74, 6) is 1.80. The van der Waals surface area contributed by atoms with Gasteiger partial charge in [-0.05, 0) is 55.3 Å². The predicted molar refractivity (Wildman–Crippen MR) is 82.0 cm³/mol. The lowest BCUT2D eigenvalue weighted by molar-refractivity contribution is 0.477. The summed E-state index contributed by atoms with van der Waals surface area (Å²) in [5, 5.41) is 1.41. The van der Waals surface area contributed by atoms with Gasteiger partial charge >= 0.3 is 0 Å². The van der Waals surface area contributed by atoms with Crippen molar-refractivity contribution in [2.24, 2.45) is 0 Å². The van der Waals surface area contributed by atoms with Gasteiger partial charge in [-0.25, -0.2) is 0 Å². The smallest absolute Gasteiger partial charge is 0.131 e. The zero-order valence-electron chi connectivity index (χ0n) is 10.6. The highest BCUT2D eigenvalue weighted by molar-refractivity contribution is 6.32. The summed E-state index contributed by atoms with van der Waals surface area (Å²) in [6.45, 7) is 3.90. The van der Waals surface area contributed by atoms with Gasteiger partial charge in [0.05, 0.1) is 5.88 Å². The second-order valence-electron chi connectivity index (χ2n) is 4.36. The molecule has 4 heteroatoms. The summed E-state index contributed by atoms with van der Waals surface area (Å²) >= 11 is 18.0. The Morgan fingerprint density at radius 2 is 1.63 bits per heavy atom. The third-order valence-electron chi connectivity index (χ3n) is 2.80. The molecule has 0 fully saturated rings. The molecule has 0 bridgehead atoms. The summed E-state index contributed by atoms with van der Waals surface area (Å²) in [6, 6.07) is 9.21. The molecule has 0 heterocycles. The Bertz CT molecular complexity index is 585. The van der Waals surface area contributed by atoms with Gasteiger partial charge in [-0.15, -0.1) is 11.6 Å². The molecule has 0 N–H and O–H groups in total. The summed E-state index contributed by atoms with van der Waals surface area (Å²) in [4.78, 5) is 0. The van der Waals surface area contributed by atoms with Crippen LogP contribution in [0.5, 0.6) is 11.5 Å². The van der Waals surface area contributed by atoms with Crippen molar-refractivity contribution in [1.82, 2.24) is 0 Å². The molecule has 0 aliphatic carbocycles. The highest BCUT2D eigenvalue weighted by atomic mass is 35.5. The van der Waals surface area contributed by atoms with Gasteiger partial charge in [0.15, 0.2) is 0 Å². The summed E-state index contributed by atoms with van der Waals surface area (Å²) in [5.41, 5.74) is 2.83. The van der Waals surface area contributed by atoms with E-state index < -0.39 is 0 Å². The molecule has 2 aromatic rings. The maximum absolute atomic E-state index is 6.14. The fourth-order valence-electron chi connectivity index (χ4n) is 1.84. The lowest BCUT2D eigenvalue weighted by Crippen LogP contribution is -1.92. The van der Waals surface area contributed by atoms with E-state index in [1.165, 1.54) is 0 Å². The number of hydrogen-bond acceptors (Lipinski definition) is 1. The fourth-order valence-corrected chi connectivity index (χ4v) is 2.36. The minimum atomic E-state index is 0.349. The van der Waals surface area contributed by atoms with Crippen molar-refractivity contribution in [2.45, 2.75) is 19.7 Å². The number of halogens is 3. The van der Waals surface area contributed by atoms with Crippen LogP contribution in [0.1, 0.15) is 16.7 Å². The number of hydrogen-bond donors (Lipinski definition) is 0. The van der Waals surface area contributed by atoms with Gasteiger partial charge in [-0.1, -0.05) is 23.2 Å². The van der Waals surface area contributed by atoms with Crippen LogP contribution in [0.3, 0.4) is 0 Å². The lowest BCUT2D eigenvalue weighted by atomic mass is 10.1. The van der Waals surface area contributed by atoms with Crippen LogP contribution in [-0.4, -0.2) is 0 Å². The van der Waals surface area contributed by atoms with Crippen LogP contribution in [0.15, 0.2) is 30.3 Å². The zero-order chi connectivity index (χ0) is 14.0. The summed E-state index contributed by atoms with van der Waals surface area (Å²) in [7, 11) is 0. The van der Waals surface area contributed by atoms with Crippen LogP contribution >= 0.6 is 34.8 Å². The van der Waals surface area contributed by atoms with Crippen molar-refractivity contribution in [2.75, 3.05) is 0 Å². The van der Waals surface area contributed by atoms with Gasteiger partial charge in [0.1, 0.15) is 11.5 Å². The number of benzene rings is 2. The molecule has 2 rings (SSSR count). The Hall–Kier alpha value is -0.890. The van der Waals surface area contributed by atoms with Crippen LogP contribution < -0.4 is 4.74 Å². The number of aryl methyl sites for hydroxylation is 2. The molecule has 0 unspecified atom stereocenters. The quantitative estimate of drug-likeness (QED) is 0.618. The van der Waals surface area contributed by atoms with E-state index >= 15 is 0 Å². The molecule has 0 saturated carbocycles. The zero-order valence-corrected chi connectivity index (χ0v) is 12.9. The molecule has 0 aliphatic rings. The maximum Gasteiger partial charge on any atom is 0.131 e. The molecule has 100 valence electrons. The first-order chi connectivity index (χ1) is 9.01. The average Bonchev–Trinajstić information content (AvgIpc) is 2.38. The molecule has 1 nitrogen and oxygen atoms in total. The van der Waals surface area contributed by atoms with Crippen LogP contribution in [0.4, 0.5) is 0 Å². The Labute approximate surface area is 128 Å². The molecule has 0 atom stereocenters. The molecule has 0 amide bonds. The molecule has 0 saturated heterocycles. The van der Waals surface area contributed by atoms with Crippen molar-refractivity contribution < 1.29 is 4.74 Å². The average molecular weight is 316 g/mol. The third kappa shape index (κ3) is 3.36. The van der Waals surface area contributed by atoms with Gasteiger partial charge in [-0.3, -0.25) is 0 Å². The van der Waals surface area contributed by atoms with Crippen molar-refractivity contribution in [3.05, 3.63) is 57.1 Å². The summed E-state index contributed by atoms with van der Waals surface area (Å²) in [6.07, 6.45) is 0. The van der Waals surface area contributed by atoms with Crippen LogP contribution in [0.2, 0.25) is 10.0 Å². The molecular weight excluding hydrogens is 303 g/mol. The third-order valence-corrected chi connectivity index (χ3v) is 3.92. The first-order valence-electron chi connectivity index (χ1n) is 5.80. The second kappa shape index (κ2) is 6.04. The largest absolute Gasteiger partial charge is 0.457 e. The van der Waals surface area contributed by atoms with Crippen LogP contribution in [0.25, 0.3) is 0 Å². The maximum atomic E-state index is 6.14. The van der Waals surface area contributed by atoms with Gasteiger partial charge < -0.3 is 4.74 Å². The van der Waals surface area contributed by atoms with E-state index in [0.717, 1.165) is 27.5 Å². The van der Waals surface area contributed by atoms with Crippen molar-refractivity contribution in [3.8, 4) is 11.5 Å². The van der Waals surface area contributed by atoms with Crippen molar-refractivity contribution in [3.63, 3.8) is 0 Å². The Balaban J connectivity index is 2.36. The molecule has 0 aromatic heterocycles. The number of rotatable bonds is 3. The molecule has 0 spiro atoms. The van der Waals surface area contributed by atoms with E-state index in [9.17, 15) is 0 Å². The number of ether oxygens (including phenoxy) is 1. The minimum absolute atomic E-state index is 0.349. The van der Waals surface area contributed by atoms with Gasteiger partial charge in [-0.2, -0.15) is 0 Å². The minimum Gasteiger partial charge on any atom is -0.457 e. The van der Waals surface area contributed by atoms with Crippen LogP contribution in [-0.2, 0) is 5.88 Å². The van der Waals surface area contributed by atoms with Gasteiger partial charge in [0, 0.05) is 15.6 Å². The Morgan fingerprint density at radius 3 is 2.21 bits per heavy atom. The summed E-state index contributed by atoms with van der Waals surface area (Å²) < 4.78 is 5.87. The highest BCUT2D eigenvalue weighted by Crippen LogP contribution is 2.32. The normalized spacial score (nSPS) is 10.6. The monoisotopic (exact) mass is 314 g/mol. The van der Waals surface area contributed by atoms with E-state index in [-0.39, 0.29) is 0 Å². The topological polar surface area (TPSA) is 9.23 Å². The van der Waals surface area contributed by atoms with Gasteiger partial charge in [0.25, 0.3) is 0 Å². The van der Waals surface area contributed by atoms with E-state index in [2.05, 4.69) is 0 Å². The van der Waals surface area contributed by atoms with E-state index in [4.69, 9.17) is 39.5 Å². The lowest BCUT2D eigenvalue weighted by Gasteiger charge is -2.12. The molecule has 19 heavy (non-hydrogen) atoms. The molecule has 2 aromatic carbocycles. The molecular formula is C15H13Cl3O. The number of alkyl halides is 1. The van der Waals surface area contributed by atoms with Crippen LogP contribution in [0, 0.1) is 13.8 Å². The second-order valence-corrected chi connectivity index (χ2v) is 5.44. The van der Waals surface area contributed by atoms with E-state index in [0.29, 0.717) is 16.7 Å².